The number of ether oxygens (including phenoxy) is 1. The van der Waals surface area contributed by atoms with Gasteiger partial charge < -0.3 is 15.4 Å². The van der Waals surface area contributed by atoms with Crippen molar-refractivity contribution in [1.82, 2.24) is 15.3 Å². The van der Waals surface area contributed by atoms with Crippen molar-refractivity contribution in [3.63, 3.8) is 0 Å². The first-order chi connectivity index (χ1) is 9.38. The minimum atomic E-state index is 0.605. The molecule has 0 amide bonds. The number of nitrogens with one attached hydrogen (secondary N) is 2. The van der Waals surface area contributed by atoms with Crippen LogP contribution in [-0.4, -0.2) is 30.2 Å². The van der Waals surface area contributed by atoms with E-state index in [0.717, 1.165) is 25.4 Å². The highest BCUT2D eigenvalue weighted by Gasteiger charge is 1.97. The van der Waals surface area contributed by atoms with Crippen molar-refractivity contribution in [2.45, 2.75) is 6.54 Å². The molecule has 2 rings (SSSR count). The first-order valence-corrected chi connectivity index (χ1v) is 6.21. The fourth-order valence-electron chi connectivity index (χ4n) is 1.61. The molecule has 0 aliphatic rings. The topological polar surface area (TPSA) is 59.1 Å². The van der Waals surface area contributed by atoms with Gasteiger partial charge in [-0.1, -0.05) is 12.1 Å². The largest absolute Gasteiger partial charge is 0.383 e. The van der Waals surface area contributed by atoms with Crippen molar-refractivity contribution in [3.8, 4) is 0 Å². The van der Waals surface area contributed by atoms with Crippen LogP contribution >= 0.6 is 0 Å². The van der Waals surface area contributed by atoms with E-state index in [1.807, 2.05) is 12.1 Å². The molecular weight excluding hydrogens is 240 g/mol. The zero-order chi connectivity index (χ0) is 13.3. The Kier molecular flexibility index (Phi) is 5.28. The molecule has 1 aromatic carbocycles. The smallest absolute Gasteiger partial charge is 0.227 e. The van der Waals surface area contributed by atoms with Crippen LogP contribution in [0.5, 0.6) is 0 Å². The molecule has 0 atom stereocenters. The van der Waals surface area contributed by atoms with Crippen LogP contribution in [0.1, 0.15) is 5.56 Å². The first kappa shape index (κ1) is 13.5. The third-order valence-corrected chi connectivity index (χ3v) is 2.59. The maximum atomic E-state index is 4.98. The maximum Gasteiger partial charge on any atom is 0.227 e. The van der Waals surface area contributed by atoms with Gasteiger partial charge in [0, 0.05) is 38.3 Å². The molecule has 2 aromatic rings. The molecule has 0 fully saturated rings. The zero-order valence-electron chi connectivity index (χ0n) is 11.0. The van der Waals surface area contributed by atoms with Gasteiger partial charge in [-0.25, -0.2) is 9.97 Å². The van der Waals surface area contributed by atoms with E-state index < -0.39 is 0 Å². The molecule has 0 aliphatic heterocycles. The summed E-state index contributed by atoms with van der Waals surface area (Å²) >= 11 is 0. The lowest BCUT2D eigenvalue weighted by Crippen LogP contribution is -2.18. The van der Waals surface area contributed by atoms with Crippen molar-refractivity contribution < 1.29 is 4.74 Å². The first-order valence-electron chi connectivity index (χ1n) is 6.21. The van der Waals surface area contributed by atoms with Gasteiger partial charge in [0.25, 0.3) is 0 Å². The van der Waals surface area contributed by atoms with Gasteiger partial charge in [0.1, 0.15) is 0 Å². The molecule has 0 bridgehead atoms. The van der Waals surface area contributed by atoms with Crippen molar-refractivity contribution >= 4 is 11.6 Å². The summed E-state index contributed by atoms with van der Waals surface area (Å²) in [5.41, 5.74) is 2.21. The van der Waals surface area contributed by atoms with Crippen molar-refractivity contribution in [1.29, 1.82) is 0 Å². The Morgan fingerprint density at radius 3 is 2.53 bits per heavy atom. The van der Waals surface area contributed by atoms with Crippen LogP contribution in [0.25, 0.3) is 0 Å². The molecule has 2 N–H and O–H groups in total. The summed E-state index contributed by atoms with van der Waals surface area (Å²) in [6, 6.07) is 9.98. The summed E-state index contributed by atoms with van der Waals surface area (Å²) in [7, 11) is 1.70. The second-order valence-electron chi connectivity index (χ2n) is 4.06. The second-order valence-corrected chi connectivity index (χ2v) is 4.06. The van der Waals surface area contributed by atoms with Gasteiger partial charge in [-0.3, -0.25) is 0 Å². The van der Waals surface area contributed by atoms with Crippen LogP contribution in [0.2, 0.25) is 0 Å². The molecule has 0 aliphatic carbocycles. The molecule has 19 heavy (non-hydrogen) atoms. The van der Waals surface area contributed by atoms with E-state index in [9.17, 15) is 0 Å². The van der Waals surface area contributed by atoms with Crippen LogP contribution in [0.15, 0.2) is 42.7 Å². The van der Waals surface area contributed by atoms with E-state index in [4.69, 9.17) is 4.74 Å². The third-order valence-electron chi connectivity index (χ3n) is 2.59. The molecule has 0 unspecified atom stereocenters. The summed E-state index contributed by atoms with van der Waals surface area (Å²) < 4.78 is 4.98. The van der Waals surface area contributed by atoms with Crippen LogP contribution < -0.4 is 10.6 Å². The fraction of sp³-hybridized carbons (Fsp3) is 0.286. The quantitative estimate of drug-likeness (QED) is 0.743. The number of benzene rings is 1. The molecule has 0 saturated heterocycles. The van der Waals surface area contributed by atoms with E-state index in [1.54, 1.807) is 25.6 Å². The predicted octanol–water partition coefficient (Wildman–Crippen LogP) is 1.96. The SMILES string of the molecule is COCCNCc1ccc(Nc2ncccn2)cc1. The minimum absolute atomic E-state index is 0.605. The Balaban J connectivity index is 1.84. The normalized spacial score (nSPS) is 10.4. The van der Waals surface area contributed by atoms with Gasteiger partial charge in [-0.05, 0) is 23.8 Å². The number of anilines is 2. The van der Waals surface area contributed by atoms with Crippen molar-refractivity contribution in [3.05, 3.63) is 48.3 Å². The number of methoxy groups -OCH3 is 1. The number of hydrogen-bond donors (Lipinski definition) is 2. The van der Waals surface area contributed by atoms with E-state index in [1.165, 1.54) is 5.56 Å². The standard InChI is InChI=1S/C14H18N4O/c1-19-10-9-15-11-12-3-5-13(6-4-12)18-14-16-7-2-8-17-14/h2-8,15H,9-11H2,1H3,(H,16,17,18). The summed E-state index contributed by atoms with van der Waals surface area (Å²) in [5.74, 6) is 0.605. The van der Waals surface area contributed by atoms with Crippen LogP contribution in [0.4, 0.5) is 11.6 Å². The lowest BCUT2D eigenvalue weighted by molar-refractivity contribution is 0.199. The second kappa shape index (κ2) is 7.45. The number of hydrogen-bond acceptors (Lipinski definition) is 5. The van der Waals surface area contributed by atoms with Gasteiger partial charge in [0.2, 0.25) is 5.95 Å². The molecule has 0 radical (unpaired) electrons. The molecule has 5 heteroatoms. The summed E-state index contributed by atoms with van der Waals surface area (Å²) in [4.78, 5) is 8.24. The van der Waals surface area contributed by atoms with Crippen LogP contribution in [0, 0.1) is 0 Å². The minimum Gasteiger partial charge on any atom is -0.383 e. The lowest BCUT2D eigenvalue weighted by Gasteiger charge is -2.07. The summed E-state index contributed by atoms with van der Waals surface area (Å²) in [6.07, 6.45) is 3.42. The molecule has 0 saturated carbocycles. The number of rotatable bonds is 7. The average molecular weight is 258 g/mol. The number of nitrogens with zero attached hydrogens (tertiary/aromatic N) is 2. The Morgan fingerprint density at radius 1 is 1.11 bits per heavy atom. The Hall–Kier alpha value is -1.98. The van der Waals surface area contributed by atoms with Gasteiger partial charge in [0.05, 0.1) is 6.61 Å². The van der Waals surface area contributed by atoms with E-state index in [0.29, 0.717) is 5.95 Å². The third kappa shape index (κ3) is 4.65. The Labute approximate surface area is 113 Å². The van der Waals surface area contributed by atoms with Crippen molar-refractivity contribution in [2.75, 3.05) is 25.6 Å². The Morgan fingerprint density at radius 2 is 1.84 bits per heavy atom. The molecular formula is C14H18N4O. The molecule has 5 nitrogen and oxygen atoms in total. The molecule has 0 spiro atoms. The predicted molar refractivity (Wildman–Crippen MR) is 75.3 cm³/mol. The van der Waals surface area contributed by atoms with E-state index >= 15 is 0 Å². The van der Waals surface area contributed by atoms with Gasteiger partial charge in [0.15, 0.2) is 0 Å². The highest BCUT2D eigenvalue weighted by Crippen LogP contribution is 2.13. The molecule has 100 valence electrons. The van der Waals surface area contributed by atoms with E-state index in [-0.39, 0.29) is 0 Å². The highest BCUT2D eigenvalue weighted by atomic mass is 16.5. The highest BCUT2D eigenvalue weighted by molar-refractivity contribution is 5.53. The monoisotopic (exact) mass is 258 g/mol. The van der Waals surface area contributed by atoms with Gasteiger partial charge in [-0.15, -0.1) is 0 Å². The summed E-state index contributed by atoms with van der Waals surface area (Å²) in [5, 5.41) is 6.45. The summed E-state index contributed by atoms with van der Waals surface area (Å²) in [6.45, 7) is 2.42. The molecule has 1 aromatic heterocycles. The maximum absolute atomic E-state index is 4.98. The van der Waals surface area contributed by atoms with Crippen molar-refractivity contribution in [2.24, 2.45) is 0 Å². The van der Waals surface area contributed by atoms with Gasteiger partial charge in [-0.2, -0.15) is 0 Å². The van der Waals surface area contributed by atoms with Crippen LogP contribution in [0.3, 0.4) is 0 Å². The zero-order valence-corrected chi connectivity index (χ0v) is 11.0. The fourth-order valence-corrected chi connectivity index (χ4v) is 1.61. The lowest BCUT2D eigenvalue weighted by atomic mass is 10.2. The Bertz CT molecular complexity index is 473. The molecule has 1 heterocycles. The average Bonchev–Trinajstić information content (AvgIpc) is 2.46. The van der Waals surface area contributed by atoms with E-state index in [2.05, 4.69) is 32.7 Å². The van der Waals surface area contributed by atoms with Gasteiger partial charge >= 0.3 is 0 Å². The number of aromatic nitrogens is 2. The van der Waals surface area contributed by atoms with Crippen LogP contribution in [-0.2, 0) is 11.3 Å².